The Balaban J connectivity index is 2.28. The normalized spacial score (nSPS) is 26.5. The van der Waals surface area contributed by atoms with Gasteiger partial charge < -0.3 is 4.74 Å². The fourth-order valence-electron chi connectivity index (χ4n) is 1.77. The molecule has 0 amide bonds. The van der Waals surface area contributed by atoms with E-state index >= 15 is 0 Å². The largest absolute Gasteiger partial charge is 0.466 e. The first-order valence-corrected chi connectivity index (χ1v) is 3.80. The molecule has 1 unspecified atom stereocenters. The number of hydrogen-bond acceptors (Lipinski definition) is 2. The lowest BCUT2D eigenvalue weighted by Gasteiger charge is -2.04. The van der Waals surface area contributed by atoms with Crippen LogP contribution in [0, 0.1) is 5.92 Å². The van der Waals surface area contributed by atoms with Crippen LogP contribution in [0.1, 0.15) is 12.8 Å². The Bertz CT molecular complexity index is 261. The van der Waals surface area contributed by atoms with Crippen LogP contribution in [0.2, 0.25) is 0 Å². The molecule has 0 aliphatic heterocycles. The van der Waals surface area contributed by atoms with Crippen molar-refractivity contribution < 1.29 is 9.53 Å². The summed E-state index contributed by atoms with van der Waals surface area (Å²) < 4.78 is 4.66. The van der Waals surface area contributed by atoms with Gasteiger partial charge in [-0.2, -0.15) is 0 Å². The van der Waals surface area contributed by atoms with Crippen molar-refractivity contribution in [3.05, 3.63) is 23.3 Å². The molecular formula is C9H10O2. The Hall–Kier alpha value is -1.05. The summed E-state index contributed by atoms with van der Waals surface area (Å²) in [5.74, 6) is 0.436. The Morgan fingerprint density at radius 3 is 2.91 bits per heavy atom. The predicted molar refractivity (Wildman–Crippen MR) is 40.9 cm³/mol. The van der Waals surface area contributed by atoms with Gasteiger partial charge in [0.05, 0.1) is 7.11 Å². The van der Waals surface area contributed by atoms with Gasteiger partial charge in [-0.25, -0.2) is 4.79 Å². The molecule has 11 heavy (non-hydrogen) atoms. The average molecular weight is 150 g/mol. The summed E-state index contributed by atoms with van der Waals surface area (Å²) >= 11 is 0. The maximum absolute atomic E-state index is 11.1. The van der Waals surface area contributed by atoms with Crippen LogP contribution >= 0.6 is 0 Å². The molecular weight excluding hydrogens is 140 g/mol. The molecule has 0 spiro atoms. The Labute approximate surface area is 65.5 Å². The molecule has 2 nitrogen and oxygen atoms in total. The minimum absolute atomic E-state index is 0.146. The maximum Gasteiger partial charge on any atom is 0.334 e. The summed E-state index contributed by atoms with van der Waals surface area (Å²) in [4.78, 5) is 11.1. The molecule has 2 rings (SSSR count). The van der Waals surface area contributed by atoms with Crippen LogP contribution < -0.4 is 0 Å². The van der Waals surface area contributed by atoms with Gasteiger partial charge in [0.15, 0.2) is 0 Å². The number of ether oxygens (including phenoxy) is 1. The topological polar surface area (TPSA) is 26.3 Å². The van der Waals surface area contributed by atoms with E-state index in [1.165, 1.54) is 12.7 Å². The third kappa shape index (κ3) is 0.897. The number of fused-ring (bicyclic) bond motifs is 2. The van der Waals surface area contributed by atoms with Crippen LogP contribution in [-0.2, 0) is 9.53 Å². The quantitative estimate of drug-likeness (QED) is 0.528. The molecule has 0 heterocycles. The highest BCUT2D eigenvalue weighted by molar-refractivity contribution is 5.91. The van der Waals surface area contributed by atoms with Crippen molar-refractivity contribution in [3.8, 4) is 0 Å². The van der Waals surface area contributed by atoms with Gasteiger partial charge in [-0.3, -0.25) is 0 Å². The summed E-state index contributed by atoms with van der Waals surface area (Å²) in [6, 6.07) is 0. The van der Waals surface area contributed by atoms with Crippen LogP contribution in [0.3, 0.4) is 0 Å². The average Bonchev–Trinajstić information content (AvgIpc) is 2.62. The molecule has 2 aliphatic rings. The molecule has 2 bridgehead atoms. The fourth-order valence-corrected chi connectivity index (χ4v) is 1.77. The van der Waals surface area contributed by atoms with E-state index in [0.29, 0.717) is 5.92 Å². The lowest BCUT2D eigenvalue weighted by atomic mass is 10.1. The standard InChI is InChI=1S/C9H10O2/c1-11-9(10)8-5-6-2-3-7(8)4-6/h2-3,6H,4-5H2,1H3. The molecule has 0 aromatic rings. The predicted octanol–water partition coefficient (Wildman–Crippen LogP) is 1.44. The van der Waals surface area contributed by atoms with Crippen molar-refractivity contribution in [1.82, 2.24) is 0 Å². The van der Waals surface area contributed by atoms with Gasteiger partial charge >= 0.3 is 5.97 Å². The molecule has 0 aromatic carbocycles. The zero-order valence-corrected chi connectivity index (χ0v) is 6.46. The molecule has 58 valence electrons. The molecule has 0 saturated carbocycles. The molecule has 0 N–H and O–H groups in total. The molecule has 0 fully saturated rings. The number of rotatable bonds is 1. The van der Waals surface area contributed by atoms with Gasteiger partial charge in [0.2, 0.25) is 0 Å². The van der Waals surface area contributed by atoms with Crippen molar-refractivity contribution in [2.24, 2.45) is 5.92 Å². The highest BCUT2D eigenvalue weighted by Crippen LogP contribution is 2.38. The van der Waals surface area contributed by atoms with Gasteiger partial charge in [0.1, 0.15) is 0 Å². The Morgan fingerprint density at radius 1 is 1.64 bits per heavy atom. The fraction of sp³-hybridized carbons (Fsp3) is 0.444. The molecule has 2 aliphatic carbocycles. The Morgan fingerprint density at radius 2 is 2.45 bits per heavy atom. The third-order valence-corrected chi connectivity index (χ3v) is 2.34. The SMILES string of the molecule is COC(=O)C1=C2C=CC(C2)C1. The van der Waals surface area contributed by atoms with Gasteiger partial charge in [0, 0.05) is 5.57 Å². The second-order valence-electron chi connectivity index (χ2n) is 3.02. The Kier molecular flexibility index (Phi) is 1.34. The number of esters is 1. The van der Waals surface area contributed by atoms with Crippen molar-refractivity contribution in [2.45, 2.75) is 12.8 Å². The molecule has 2 heteroatoms. The highest BCUT2D eigenvalue weighted by Gasteiger charge is 2.29. The summed E-state index contributed by atoms with van der Waals surface area (Å²) in [5, 5.41) is 0. The number of allylic oxidation sites excluding steroid dienone is 3. The highest BCUT2D eigenvalue weighted by atomic mass is 16.5. The van der Waals surface area contributed by atoms with Gasteiger partial charge in [-0.1, -0.05) is 12.2 Å². The van der Waals surface area contributed by atoms with Gasteiger partial charge in [0.25, 0.3) is 0 Å². The number of carbonyl (C=O) groups excluding carboxylic acids is 1. The summed E-state index contributed by atoms with van der Waals surface area (Å²) in [6.45, 7) is 0. The second kappa shape index (κ2) is 2.22. The summed E-state index contributed by atoms with van der Waals surface area (Å²) in [6.07, 6.45) is 6.14. The zero-order chi connectivity index (χ0) is 7.84. The zero-order valence-electron chi connectivity index (χ0n) is 6.46. The minimum Gasteiger partial charge on any atom is -0.466 e. The van der Waals surface area contributed by atoms with Crippen molar-refractivity contribution in [3.63, 3.8) is 0 Å². The first-order valence-electron chi connectivity index (χ1n) is 3.80. The lowest BCUT2D eigenvalue weighted by molar-refractivity contribution is -0.136. The number of hydrogen-bond donors (Lipinski definition) is 0. The van der Waals surface area contributed by atoms with Crippen LogP contribution in [0.4, 0.5) is 0 Å². The van der Waals surface area contributed by atoms with Gasteiger partial charge in [-0.15, -0.1) is 0 Å². The smallest absolute Gasteiger partial charge is 0.334 e. The summed E-state index contributed by atoms with van der Waals surface area (Å²) in [7, 11) is 1.44. The van der Waals surface area contributed by atoms with Crippen molar-refractivity contribution in [1.29, 1.82) is 0 Å². The molecule has 0 radical (unpaired) electrons. The van der Waals surface area contributed by atoms with Crippen LogP contribution in [0.25, 0.3) is 0 Å². The number of carbonyl (C=O) groups is 1. The molecule has 0 saturated heterocycles. The first kappa shape index (κ1) is 6.65. The van der Waals surface area contributed by atoms with E-state index in [9.17, 15) is 4.79 Å². The monoisotopic (exact) mass is 150 g/mol. The number of methoxy groups -OCH3 is 1. The minimum atomic E-state index is -0.146. The second-order valence-corrected chi connectivity index (χ2v) is 3.02. The van der Waals surface area contributed by atoms with Gasteiger partial charge in [-0.05, 0) is 24.3 Å². The maximum atomic E-state index is 11.1. The third-order valence-electron chi connectivity index (χ3n) is 2.34. The molecule has 0 aromatic heterocycles. The van der Waals surface area contributed by atoms with E-state index in [1.807, 2.05) is 6.08 Å². The van der Waals surface area contributed by atoms with Crippen LogP contribution in [0.5, 0.6) is 0 Å². The van der Waals surface area contributed by atoms with Crippen LogP contribution in [-0.4, -0.2) is 13.1 Å². The molecule has 1 atom stereocenters. The lowest BCUT2D eigenvalue weighted by Crippen LogP contribution is -2.06. The van der Waals surface area contributed by atoms with E-state index in [1.54, 1.807) is 0 Å². The van der Waals surface area contributed by atoms with E-state index in [-0.39, 0.29) is 5.97 Å². The van der Waals surface area contributed by atoms with E-state index in [4.69, 9.17) is 0 Å². The van der Waals surface area contributed by atoms with Crippen molar-refractivity contribution in [2.75, 3.05) is 7.11 Å². The summed E-state index contributed by atoms with van der Waals surface area (Å²) in [5.41, 5.74) is 2.07. The van der Waals surface area contributed by atoms with E-state index < -0.39 is 0 Å². The van der Waals surface area contributed by atoms with Crippen LogP contribution in [0.15, 0.2) is 23.3 Å². The van der Waals surface area contributed by atoms with Crippen molar-refractivity contribution >= 4 is 5.97 Å². The van der Waals surface area contributed by atoms with E-state index in [2.05, 4.69) is 10.8 Å². The first-order chi connectivity index (χ1) is 5.31. The van der Waals surface area contributed by atoms with E-state index in [0.717, 1.165) is 18.4 Å².